The van der Waals surface area contributed by atoms with Crippen molar-refractivity contribution in [3.63, 3.8) is 0 Å². The van der Waals surface area contributed by atoms with Crippen LogP contribution in [0.15, 0.2) is 24.8 Å². The summed E-state index contributed by atoms with van der Waals surface area (Å²) < 4.78 is 1.15. The molecule has 2 nitrogen and oxygen atoms in total. The van der Waals surface area contributed by atoms with Crippen LogP contribution < -0.4 is 11.5 Å². The van der Waals surface area contributed by atoms with E-state index < -0.39 is 0 Å². The predicted molar refractivity (Wildman–Crippen MR) is 65.4 cm³/mol. The van der Waals surface area contributed by atoms with Gasteiger partial charge < -0.3 is 11.5 Å². The van der Waals surface area contributed by atoms with E-state index in [0.717, 1.165) is 20.4 Å². The van der Waals surface area contributed by atoms with Crippen molar-refractivity contribution in [3.05, 3.63) is 39.5 Å². The van der Waals surface area contributed by atoms with Crippen molar-refractivity contribution in [3.8, 4) is 0 Å². The summed E-state index contributed by atoms with van der Waals surface area (Å²) in [5.41, 5.74) is 14.5. The first-order valence-corrected chi connectivity index (χ1v) is 5.07. The van der Waals surface area contributed by atoms with E-state index in [1.165, 1.54) is 0 Å². The fraction of sp³-hybridized carbons (Fsp3) is 0.200. The molecule has 4 N–H and O–H groups in total. The largest absolute Gasteiger partial charge is 0.398 e. The number of anilines is 1. The zero-order valence-corrected chi connectivity index (χ0v) is 9.71. The van der Waals surface area contributed by atoms with Crippen molar-refractivity contribution in [2.45, 2.75) is 13.0 Å². The maximum atomic E-state index is 5.90. The fourth-order valence-corrected chi connectivity index (χ4v) is 1.99. The zero-order valence-electron chi connectivity index (χ0n) is 7.55. The van der Waals surface area contributed by atoms with E-state index in [-0.39, 0.29) is 6.04 Å². The van der Waals surface area contributed by atoms with Crippen LogP contribution in [0.5, 0.6) is 0 Å². The second kappa shape index (κ2) is 4.11. The standard InChI is InChI=1S/C10H13IN2/c1-3-9(12)8-5-7(11)4-6(2)10(8)13/h3-5,9H,1,12-13H2,2H3. The van der Waals surface area contributed by atoms with Crippen molar-refractivity contribution in [1.82, 2.24) is 0 Å². The van der Waals surface area contributed by atoms with E-state index in [4.69, 9.17) is 11.5 Å². The van der Waals surface area contributed by atoms with Crippen molar-refractivity contribution in [2.75, 3.05) is 5.73 Å². The normalized spacial score (nSPS) is 12.5. The highest BCUT2D eigenvalue weighted by molar-refractivity contribution is 14.1. The molecule has 0 aliphatic carbocycles. The lowest BCUT2D eigenvalue weighted by Crippen LogP contribution is -2.10. The van der Waals surface area contributed by atoms with E-state index in [1.807, 2.05) is 19.1 Å². The van der Waals surface area contributed by atoms with Crippen molar-refractivity contribution in [1.29, 1.82) is 0 Å². The van der Waals surface area contributed by atoms with Gasteiger partial charge in [0.1, 0.15) is 0 Å². The van der Waals surface area contributed by atoms with Crippen LogP contribution in [0.1, 0.15) is 17.2 Å². The van der Waals surface area contributed by atoms with Crippen molar-refractivity contribution >= 4 is 28.3 Å². The average Bonchev–Trinajstić information content (AvgIpc) is 2.10. The molecule has 0 aromatic heterocycles. The Kier molecular flexibility index (Phi) is 3.33. The number of aryl methyl sites for hydroxylation is 1. The zero-order chi connectivity index (χ0) is 10.0. The number of benzene rings is 1. The fourth-order valence-electron chi connectivity index (χ4n) is 1.18. The Morgan fingerprint density at radius 2 is 2.15 bits per heavy atom. The highest BCUT2D eigenvalue weighted by Crippen LogP contribution is 2.25. The smallest absolute Gasteiger partial charge is 0.0499 e. The first-order chi connectivity index (χ1) is 6.06. The molecule has 3 heteroatoms. The minimum Gasteiger partial charge on any atom is -0.398 e. The van der Waals surface area contributed by atoms with E-state index in [9.17, 15) is 0 Å². The third-order valence-electron chi connectivity index (χ3n) is 2.00. The molecule has 70 valence electrons. The van der Waals surface area contributed by atoms with E-state index in [0.29, 0.717) is 0 Å². The Balaban J connectivity index is 3.27. The number of rotatable bonds is 2. The van der Waals surface area contributed by atoms with Crippen molar-refractivity contribution in [2.24, 2.45) is 5.73 Å². The van der Waals surface area contributed by atoms with Crippen LogP contribution in [-0.2, 0) is 0 Å². The quantitative estimate of drug-likeness (QED) is 0.498. The van der Waals surface area contributed by atoms with Gasteiger partial charge in [-0.15, -0.1) is 6.58 Å². The molecule has 1 rings (SSSR count). The van der Waals surface area contributed by atoms with E-state index in [1.54, 1.807) is 6.08 Å². The predicted octanol–water partition coefficient (Wildman–Crippen LogP) is 2.37. The van der Waals surface area contributed by atoms with Gasteiger partial charge in [-0.1, -0.05) is 6.08 Å². The third kappa shape index (κ3) is 2.22. The summed E-state index contributed by atoms with van der Waals surface area (Å²) in [6.45, 7) is 5.64. The van der Waals surface area contributed by atoms with Crippen LogP contribution in [-0.4, -0.2) is 0 Å². The molecule has 0 saturated carbocycles. The topological polar surface area (TPSA) is 52.0 Å². The molecule has 0 fully saturated rings. The highest BCUT2D eigenvalue weighted by Gasteiger charge is 2.08. The molecule has 0 spiro atoms. The second-order valence-electron chi connectivity index (χ2n) is 2.99. The summed E-state index contributed by atoms with van der Waals surface area (Å²) in [4.78, 5) is 0. The van der Waals surface area contributed by atoms with Gasteiger partial charge in [-0.05, 0) is 52.8 Å². The molecule has 0 bridgehead atoms. The molecule has 0 aliphatic rings. The van der Waals surface area contributed by atoms with Crippen LogP contribution in [0.4, 0.5) is 5.69 Å². The number of hydrogen-bond donors (Lipinski definition) is 2. The summed E-state index contributed by atoms with van der Waals surface area (Å²) in [5.74, 6) is 0. The Labute approximate surface area is 92.1 Å². The lowest BCUT2D eigenvalue weighted by atomic mass is 10.0. The van der Waals surface area contributed by atoms with E-state index >= 15 is 0 Å². The molecule has 0 amide bonds. The van der Waals surface area contributed by atoms with Gasteiger partial charge in [-0.25, -0.2) is 0 Å². The first kappa shape index (κ1) is 10.5. The van der Waals surface area contributed by atoms with Gasteiger partial charge in [0.25, 0.3) is 0 Å². The molecule has 13 heavy (non-hydrogen) atoms. The SMILES string of the molecule is C=CC(N)c1cc(I)cc(C)c1N. The number of nitrogen functional groups attached to an aromatic ring is 1. The monoisotopic (exact) mass is 288 g/mol. The minimum atomic E-state index is -0.173. The Morgan fingerprint density at radius 3 is 2.69 bits per heavy atom. The molecule has 1 atom stereocenters. The second-order valence-corrected chi connectivity index (χ2v) is 4.23. The Bertz CT molecular complexity index is 334. The van der Waals surface area contributed by atoms with Gasteiger partial charge in [-0.3, -0.25) is 0 Å². The molecule has 0 radical (unpaired) electrons. The van der Waals surface area contributed by atoms with Gasteiger partial charge in [0.15, 0.2) is 0 Å². The molecule has 0 aliphatic heterocycles. The summed E-state index contributed by atoms with van der Waals surface area (Å²) >= 11 is 2.25. The molecular weight excluding hydrogens is 275 g/mol. The lowest BCUT2D eigenvalue weighted by Gasteiger charge is -2.12. The molecule has 1 unspecified atom stereocenters. The van der Waals surface area contributed by atoms with Crippen molar-refractivity contribution < 1.29 is 0 Å². The summed E-state index contributed by atoms with van der Waals surface area (Å²) in [6.07, 6.45) is 1.70. The summed E-state index contributed by atoms with van der Waals surface area (Å²) in [6, 6.07) is 3.86. The Morgan fingerprint density at radius 1 is 1.54 bits per heavy atom. The van der Waals surface area contributed by atoms with Crippen LogP contribution in [0.3, 0.4) is 0 Å². The molecule has 0 heterocycles. The van der Waals surface area contributed by atoms with Gasteiger partial charge in [-0.2, -0.15) is 0 Å². The maximum absolute atomic E-state index is 5.90. The number of halogens is 1. The number of nitrogens with two attached hydrogens (primary N) is 2. The van der Waals surface area contributed by atoms with Crippen LogP contribution in [0, 0.1) is 10.5 Å². The molecule has 1 aromatic carbocycles. The maximum Gasteiger partial charge on any atom is 0.0499 e. The van der Waals surface area contributed by atoms with Crippen LogP contribution >= 0.6 is 22.6 Å². The highest BCUT2D eigenvalue weighted by atomic mass is 127. The molecular formula is C10H13IN2. The van der Waals surface area contributed by atoms with Gasteiger partial charge in [0.2, 0.25) is 0 Å². The van der Waals surface area contributed by atoms with Gasteiger partial charge >= 0.3 is 0 Å². The van der Waals surface area contributed by atoms with Crippen LogP contribution in [0.2, 0.25) is 0 Å². The first-order valence-electron chi connectivity index (χ1n) is 4.00. The average molecular weight is 288 g/mol. The molecule has 1 aromatic rings. The van der Waals surface area contributed by atoms with Gasteiger partial charge in [0.05, 0.1) is 0 Å². The number of hydrogen-bond acceptors (Lipinski definition) is 2. The van der Waals surface area contributed by atoms with E-state index in [2.05, 4.69) is 29.2 Å². The third-order valence-corrected chi connectivity index (χ3v) is 2.62. The molecule has 0 saturated heterocycles. The Hall–Kier alpha value is -0.550. The summed E-state index contributed by atoms with van der Waals surface area (Å²) in [5, 5.41) is 0. The minimum absolute atomic E-state index is 0.173. The summed E-state index contributed by atoms with van der Waals surface area (Å²) in [7, 11) is 0. The lowest BCUT2D eigenvalue weighted by molar-refractivity contribution is 0.914. The van der Waals surface area contributed by atoms with Gasteiger partial charge in [0, 0.05) is 15.3 Å². The van der Waals surface area contributed by atoms with Crippen LogP contribution in [0.25, 0.3) is 0 Å².